The number of nitrogens with zero attached hydrogens (tertiary/aromatic N) is 3. The summed E-state index contributed by atoms with van der Waals surface area (Å²) in [5.74, 6) is 0. The van der Waals surface area contributed by atoms with Crippen LogP contribution in [-0.2, 0) is 10.8 Å². The van der Waals surface area contributed by atoms with Crippen molar-refractivity contribution < 1.29 is 0 Å². The molecule has 4 aliphatic rings. The van der Waals surface area contributed by atoms with E-state index < -0.39 is 0 Å². The van der Waals surface area contributed by atoms with E-state index in [4.69, 9.17) is 0 Å². The minimum atomic E-state index is 0.106. The summed E-state index contributed by atoms with van der Waals surface area (Å²) in [5.41, 5.74) is 6.06. The normalized spacial score (nSPS) is 37.1. The summed E-state index contributed by atoms with van der Waals surface area (Å²) in [5, 5.41) is 3.92. The highest BCUT2D eigenvalue weighted by Gasteiger charge is 2.72. The summed E-state index contributed by atoms with van der Waals surface area (Å²) in [4.78, 5) is 7.68. The Morgan fingerprint density at radius 1 is 0.815 bits per heavy atom. The van der Waals surface area contributed by atoms with Crippen LogP contribution in [0.3, 0.4) is 0 Å². The van der Waals surface area contributed by atoms with Crippen LogP contribution in [0.5, 0.6) is 0 Å². The third-order valence-corrected chi connectivity index (χ3v) is 8.11. The third kappa shape index (κ3) is 1.60. The van der Waals surface area contributed by atoms with E-state index in [2.05, 4.69) is 89.7 Å². The third-order valence-electron chi connectivity index (χ3n) is 8.11. The molecule has 0 amide bonds. The molecular weight excluding hydrogens is 332 g/mol. The lowest BCUT2D eigenvalue weighted by Gasteiger charge is -2.49. The molecule has 4 aliphatic heterocycles. The van der Waals surface area contributed by atoms with Crippen molar-refractivity contribution in [1.29, 1.82) is 0 Å². The maximum Gasteiger partial charge on any atom is 0.0924 e. The van der Waals surface area contributed by atoms with Gasteiger partial charge in [-0.1, -0.05) is 36.4 Å². The van der Waals surface area contributed by atoms with Crippen molar-refractivity contribution in [3.8, 4) is 0 Å². The number of likely N-dealkylation sites (N-methyl/N-ethyl adjacent to an activating group) is 3. The van der Waals surface area contributed by atoms with Crippen LogP contribution in [0.25, 0.3) is 0 Å². The van der Waals surface area contributed by atoms with E-state index in [1.165, 1.54) is 29.8 Å². The predicted octanol–water partition coefficient (Wildman–Crippen LogP) is 3.06. The van der Waals surface area contributed by atoms with Crippen molar-refractivity contribution in [3.63, 3.8) is 0 Å². The monoisotopic (exact) mass is 360 g/mol. The fourth-order valence-corrected chi connectivity index (χ4v) is 7.23. The number of hydrogen-bond acceptors (Lipinski definition) is 4. The molecule has 4 heterocycles. The number of benzene rings is 2. The second-order valence-corrected chi connectivity index (χ2v) is 9.00. The van der Waals surface area contributed by atoms with Gasteiger partial charge in [-0.2, -0.15) is 0 Å². The molecule has 140 valence electrons. The number of fused-ring (bicyclic) bond motifs is 7. The van der Waals surface area contributed by atoms with E-state index in [1.807, 2.05) is 0 Å². The number of anilines is 2. The molecule has 4 atom stereocenters. The fourth-order valence-electron chi connectivity index (χ4n) is 7.23. The number of para-hydroxylation sites is 2. The summed E-state index contributed by atoms with van der Waals surface area (Å²) in [6.45, 7) is 2.31. The van der Waals surface area contributed by atoms with Crippen LogP contribution in [0.4, 0.5) is 11.4 Å². The second kappa shape index (κ2) is 5.06. The molecule has 6 rings (SSSR count). The van der Waals surface area contributed by atoms with Crippen LogP contribution in [-0.4, -0.2) is 56.4 Å². The summed E-state index contributed by atoms with van der Waals surface area (Å²) < 4.78 is 0. The van der Waals surface area contributed by atoms with Crippen molar-refractivity contribution in [1.82, 2.24) is 9.80 Å². The smallest absolute Gasteiger partial charge is 0.0924 e. The SMILES string of the molecule is CN1CC[C@]2([C@]34CCN(C)[C@H]3N(C)c3ccccc34)c3ccccc3N[C@@H]12. The molecule has 0 bridgehead atoms. The maximum atomic E-state index is 3.92. The molecule has 0 unspecified atom stereocenters. The van der Waals surface area contributed by atoms with Crippen LogP contribution in [0.2, 0.25) is 0 Å². The topological polar surface area (TPSA) is 21.8 Å². The number of nitrogens with one attached hydrogen (secondary N) is 1. The Kier molecular flexibility index (Phi) is 2.99. The zero-order chi connectivity index (χ0) is 18.4. The first-order chi connectivity index (χ1) is 13.1. The quantitative estimate of drug-likeness (QED) is 0.844. The van der Waals surface area contributed by atoms with E-state index in [9.17, 15) is 0 Å². The minimum absolute atomic E-state index is 0.106. The van der Waals surface area contributed by atoms with Gasteiger partial charge in [0.1, 0.15) is 0 Å². The Labute approximate surface area is 161 Å². The molecule has 1 N–H and O–H groups in total. The largest absolute Gasteiger partial charge is 0.369 e. The van der Waals surface area contributed by atoms with Gasteiger partial charge in [-0.15, -0.1) is 0 Å². The summed E-state index contributed by atoms with van der Waals surface area (Å²) >= 11 is 0. The van der Waals surface area contributed by atoms with Crippen LogP contribution >= 0.6 is 0 Å². The zero-order valence-electron chi connectivity index (χ0n) is 16.4. The van der Waals surface area contributed by atoms with Gasteiger partial charge >= 0.3 is 0 Å². The minimum Gasteiger partial charge on any atom is -0.369 e. The highest BCUT2D eigenvalue weighted by Crippen LogP contribution is 2.67. The van der Waals surface area contributed by atoms with Crippen molar-refractivity contribution in [2.24, 2.45) is 0 Å². The molecule has 4 heteroatoms. The first-order valence-corrected chi connectivity index (χ1v) is 10.2. The second-order valence-electron chi connectivity index (χ2n) is 9.00. The highest BCUT2D eigenvalue weighted by molar-refractivity contribution is 5.72. The molecule has 2 saturated heterocycles. The van der Waals surface area contributed by atoms with Crippen molar-refractivity contribution in [3.05, 3.63) is 59.7 Å². The molecule has 4 nitrogen and oxygen atoms in total. The summed E-state index contributed by atoms with van der Waals surface area (Å²) in [6.07, 6.45) is 3.21. The average Bonchev–Trinajstić information content (AvgIpc) is 3.37. The molecule has 2 aromatic rings. The Morgan fingerprint density at radius 3 is 2.33 bits per heavy atom. The predicted molar refractivity (Wildman–Crippen MR) is 110 cm³/mol. The Morgan fingerprint density at radius 2 is 1.48 bits per heavy atom. The van der Waals surface area contributed by atoms with Gasteiger partial charge in [0.2, 0.25) is 0 Å². The Hall–Kier alpha value is -2.04. The number of rotatable bonds is 1. The first kappa shape index (κ1) is 16.0. The van der Waals surface area contributed by atoms with Crippen molar-refractivity contribution in [2.45, 2.75) is 36.0 Å². The highest BCUT2D eigenvalue weighted by atomic mass is 15.4. The van der Waals surface area contributed by atoms with Crippen LogP contribution in [0, 0.1) is 0 Å². The average molecular weight is 361 g/mol. The lowest BCUT2D eigenvalue weighted by Crippen LogP contribution is -2.61. The van der Waals surface area contributed by atoms with Gasteiger partial charge in [-0.05, 0) is 50.2 Å². The summed E-state index contributed by atoms with van der Waals surface area (Å²) in [7, 11) is 6.90. The maximum absolute atomic E-state index is 3.92. The van der Waals surface area contributed by atoms with Gasteiger partial charge < -0.3 is 10.2 Å². The molecular formula is C23H28N4. The van der Waals surface area contributed by atoms with E-state index in [-0.39, 0.29) is 10.8 Å². The standard InChI is InChI=1S/C23H28N4/c1-25-14-12-22(16-8-4-6-10-18(16)24-20(22)25)23-13-15-26(2)21(23)27(3)19-11-7-5-9-17(19)23/h4-11,20-21,24H,12-15H2,1-3H3/t20-,21-,22-,23-/m0/s1. The van der Waals surface area contributed by atoms with Gasteiger partial charge in [0.15, 0.2) is 0 Å². The first-order valence-electron chi connectivity index (χ1n) is 10.2. The van der Waals surface area contributed by atoms with E-state index in [1.54, 1.807) is 5.56 Å². The molecule has 0 aliphatic carbocycles. The molecule has 0 saturated carbocycles. The van der Waals surface area contributed by atoms with Crippen molar-refractivity contribution in [2.75, 3.05) is 44.4 Å². The van der Waals surface area contributed by atoms with Crippen LogP contribution < -0.4 is 10.2 Å². The van der Waals surface area contributed by atoms with Gasteiger partial charge in [-0.3, -0.25) is 9.80 Å². The molecule has 0 aromatic heterocycles. The van der Waals surface area contributed by atoms with Crippen LogP contribution in [0.15, 0.2) is 48.5 Å². The Bertz CT molecular complexity index is 926. The number of hydrogen-bond donors (Lipinski definition) is 1. The lowest BCUT2D eigenvalue weighted by atomic mass is 9.55. The molecule has 0 radical (unpaired) electrons. The van der Waals surface area contributed by atoms with Gasteiger partial charge in [0, 0.05) is 42.3 Å². The molecule has 2 aromatic carbocycles. The number of likely N-dealkylation sites (tertiary alicyclic amines) is 2. The van der Waals surface area contributed by atoms with E-state index >= 15 is 0 Å². The van der Waals surface area contributed by atoms with Gasteiger partial charge in [-0.25, -0.2) is 0 Å². The lowest BCUT2D eigenvalue weighted by molar-refractivity contribution is 0.136. The van der Waals surface area contributed by atoms with Crippen LogP contribution in [0.1, 0.15) is 24.0 Å². The van der Waals surface area contributed by atoms with E-state index in [0.717, 1.165) is 13.1 Å². The summed E-state index contributed by atoms with van der Waals surface area (Å²) in [6, 6.07) is 18.3. The fraction of sp³-hybridized carbons (Fsp3) is 0.478. The van der Waals surface area contributed by atoms with E-state index in [0.29, 0.717) is 12.3 Å². The molecule has 0 spiro atoms. The van der Waals surface area contributed by atoms with Gasteiger partial charge in [0.25, 0.3) is 0 Å². The Balaban J connectivity index is 1.69. The zero-order valence-corrected chi connectivity index (χ0v) is 16.4. The molecule has 27 heavy (non-hydrogen) atoms. The van der Waals surface area contributed by atoms with Gasteiger partial charge in [0.05, 0.1) is 12.3 Å². The molecule has 2 fully saturated rings. The van der Waals surface area contributed by atoms with Crippen molar-refractivity contribution >= 4 is 11.4 Å².